The van der Waals surface area contributed by atoms with E-state index in [4.69, 9.17) is 0 Å². The third kappa shape index (κ3) is 3.87. The van der Waals surface area contributed by atoms with Crippen LogP contribution in [0.1, 0.15) is 18.5 Å². The largest absolute Gasteiger partial charge is 0.435 e. The van der Waals surface area contributed by atoms with Gasteiger partial charge < -0.3 is 10.1 Å². The fraction of sp³-hybridized carbons (Fsp3) is 0.500. The lowest BCUT2D eigenvalue weighted by molar-refractivity contribution is -0.0499. The molecule has 1 aromatic carbocycles. The summed E-state index contributed by atoms with van der Waals surface area (Å²) in [7, 11) is -3.12. The molecule has 0 amide bonds. The molecule has 7 heteroatoms. The maximum Gasteiger partial charge on any atom is 0.387 e. The van der Waals surface area contributed by atoms with Crippen LogP contribution in [0.2, 0.25) is 0 Å². The molecule has 1 N–H and O–H groups in total. The van der Waals surface area contributed by atoms with Gasteiger partial charge in [-0.3, -0.25) is 0 Å². The van der Waals surface area contributed by atoms with Gasteiger partial charge in [0.05, 0.1) is 11.5 Å². The van der Waals surface area contributed by atoms with Gasteiger partial charge in [-0.05, 0) is 24.6 Å². The average molecular weight is 291 g/mol. The monoisotopic (exact) mass is 291 g/mol. The number of sulfone groups is 1. The summed E-state index contributed by atoms with van der Waals surface area (Å²) in [4.78, 5) is 0. The summed E-state index contributed by atoms with van der Waals surface area (Å²) in [6.45, 7) is -1.11. The van der Waals surface area contributed by atoms with Crippen molar-refractivity contribution in [2.24, 2.45) is 0 Å². The maximum atomic E-state index is 12.1. The number of ether oxygens (including phenoxy) is 1. The van der Waals surface area contributed by atoms with Crippen molar-refractivity contribution in [1.29, 1.82) is 0 Å². The zero-order chi connectivity index (χ0) is 14.0. The molecule has 0 aliphatic carbocycles. The first-order valence-electron chi connectivity index (χ1n) is 5.87. The van der Waals surface area contributed by atoms with Gasteiger partial charge in [-0.15, -0.1) is 0 Å². The lowest BCUT2D eigenvalue weighted by Gasteiger charge is -2.29. The predicted octanol–water partition coefficient (Wildman–Crippen LogP) is 1.74. The second kappa shape index (κ2) is 5.42. The number of hydrogen-bond donors (Lipinski definition) is 1. The Morgan fingerprint density at radius 2 is 2.11 bits per heavy atom. The first kappa shape index (κ1) is 14.2. The molecule has 2 unspecified atom stereocenters. The van der Waals surface area contributed by atoms with Crippen molar-refractivity contribution < 1.29 is 21.9 Å². The number of hydrogen-bond acceptors (Lipinski definition) is 4. The standard InChI is InChI=1S/C12H15F2NO3S/c1-8-6-19(16,17)7-11(15-8)9-3-2-4-10(5-9)18-12(13)14/h2-5,8,11-12,15H,6-7H2,1H3. The first-order chi connectivity index (χ1) is 8.85. The van der Waals surface area contributed by atoms with Gasteiger partial charge in [0.15, 0.2) is 9.84 Å². The van der Waals surface area contributed by atoms with E-state index in [1.165, 1.54) is 12.1 Å². The second-order valence-electron chi connectivity index (χ2n) is 4.65. The Kier molecular flexibility index (Phi) is 4.05. The topological polar surface area (TPSA) is 55.4 Å². The highest BCUT2D eigenvalue weighted by molar-refractivity contribution is 7.91. The van der Waals surface area contributed by atoms with E-state index in [-0.39, 0.29) is 23.3 Å². The summed E-state index contributed by atoms with van der Waals surface area (Å²) < 4.78 is 52.0. The van der Waals surface area contributed by atoms with Gasteiger partial charge in [0.25, 0.3) is 0 Å². The molecular weight excluding hydrogens is 276 g/mol. The van der Waals surface area contributed by atoms with Gasteiger partial charge in [-0.2, -0.15) is 8.78 Å². The van der Waals surface area contributed by atoms with E-state index < -0.39 is 22.5 Å². The molecule has 106 valence electrons. The third-order valence-electron chi connectivity index (χ3n) is 2.90. The molecule has 1 aliphatic rings. The van der Waals surface area contributed by atoms with Crippen LogP contribution in [-0.4, -0.2) is 32.6 Å². The molecule has 2 rings (SSSR count). The number of nitrogens with one attached hydrogen (secondary N) is 1. The average Bonchev–Trinajstić information content (AvgIpc) is 2.25. The van der Waals surface area contributed by atoms with Crippen molar-refractivity contribution in [3.63, 3.8) is 0 Å². The van der Waals surface area contributed by atoms with Gasteiger partial charge in [0.1, 0.15) is 5.75 Å². The molecule has 2 atom stereocenters. The lowest BCUT2D eigenvalue weighted by atomic mass is 10.1. The Hall–Kier alpha value is -1.21. The van der Waals surface area contributed by atoms with Crippen LogP contribution in [0.5, 0.6) is 5.75 Å². The summed E-state index contributed by atoms with van der Waals surface area (Å²) in [6.07, 6.45) is 0. The minimum atomic E-state index is -3.12. The third-order valence-corrected chi connectivity index (χ3v) is 4.74. The molecule has 1 aliphatic heterocycles. The number of alkyl halides is 2. The van der Waals surface area contributed by atoms with E-state index >= 15 is 0 Å². The Balaban J connectivity index is 2.21. The zero-order valence-corrected chi connectivity index (χ0v) is 11.2. The molecule has 1 fully saturated rings. The highest BCUT2D eigenvalue weighted by atomic mass is 32.2. The van der Waals surface area contributed by atoms with E-state index in [9.17, 15) is 17.2 Å². The Morgan fingerprint density at radius 1 is 1.37 bits per heavy atom. The van der Waals surface area contributed by atoms with Crippen LogP contribution in [0, 0.1) is 0 Å². The summed E-state index contributed by atoms with van der Waals surface area (Å²) in [5, 5.41) is 3.15. The van der Waals surface area contributed by atoms with Crippen molar-refractivity contribution in [2.45, 2.75) is 25.6 Å². The Morgan fingerprint density at radius 3 is 2.74 bits per heavy atom. The highest BCUT2D eigenvalue weighted by Gasteiger charge is 2.29. The quantitative estimate of drug-likeness (QED) is 0.921. The van der Waals surface area contributed by atoms with Crippen LogP contribution in [0.25, 0.3) is 0 Å². The molecule has 4 nitrogen and oxygen atoms in total. The smallest absolute Gasteiger partial charge is 0.387 e. The van der Waals surface area contributed by atoms with E-state index in [1.807, 2.05) is 0 Å². The summed E-state index contributed by atoms with van der Waals surface area (Å²) in [5.74, 6) is 0.0940. The number of rotatable bonds is 3. The predicted molar refractivity (Wildman–Crippen MR) is 67.1 cm³/mol. The molecular formula is C12H15F2NO3S. The van der Waals surface area contributed by atoms with Crippen molar-refractivity contribution in [3.05, 3.63) is 29.8 Å². The van der Waals surface area contributed by atoms with Crippen molar-refractivity contribution in [3.8, 4) is 5.75 Å². The number of benzene rings is 1. The van der Waals surface area contributed by atoms with Crippen LogP contribution in [0.15, 0.2) is 24.3 Å². The minimum Gasteiger partial charge on any atom is -0.435 e. The molecule has 1 saturated heterocycles. The normalized spacial score (nSPS) is 26.3. The van der Waals surface area contributed by atoms with Crippen molar-refractivity contribution >= 4 is 9.84 Å². The van der Waals surface area contributed by atoms with Gasteiger partial charge in [-0.25, -0.2) is 8.42 Å². The lowest BCUT2D eigenvalue weighted by Crippen LogP contribution is -2.45. The van der Waals surface area contributed by atoms with E-state index in [0.29, 0.717) is 5.56 Å². The Labute approximate surface area is 110 Å². The van der Waals surface area contributed by atoms with Gasteiger partial charge in [0, 0.05) is 12.1 Å². The molecule has 1 heterocycles. The van der Waals surface area contributed by atoms with Crippen LogP contribution >= 0.6 is 0 Å². The van der Waals surface area contributed by atoms with Crippen LogP contribution < -0.4 is 10.1 Å². The highest BCUT2D eigenvalue weighted by Crippen LogP contribution is 2.25. The van der Waals surface area contributed by atoms with Crippen molar-refractivity contribution in [1.82, 2.24) is 5.32 Å². The molecule has 0 radical (unpaired) electrons. The SMILES string of the molecule is CC1CS(=O)(=O)CC(c2cccc(OC(F)F)c2)N1. The molecule has 1 aromatic rings. The molecule has 0 aromatic heterocycles. The van der Waals surface area contributed by atoms with Gasteiger partial charge >= 0.3 is 6.61 Å². The second-order valence-corrected chi connectivity index (χ2v) is 6.80. The van der Waals surface area contributed by atoms with Crippen LogP contribution in [0.3, 0.4) is 0 Å². The van der Waals surface area contributed by atoms with Crippen molar-refractivity contribution in [2.75, 3.05) is 11.5 Å². The van der Waals surface area contributed by atoms with Crippen LogP contribution in [0.4, 0.5) is 8.78 Å². The van der Waals surface area contributed by atoms with Gasteiger partial charge in [0.2, 0.25) is 0 Å². The zero-order valence-electron chi connectivity index (χ0n) is 10.3. The molecule has 0 bridgehead atoms. The molecule has 0 spiro atoms. The fourth-order valence-electron chi connectivity index (χ4n) is 2.24. The summed E-state index contributed by atoms with van der Waals surface area (Å²) in [5.41, 5.74) is 0.633. The fourth-order valence-corrected chi connectivity index (χ4v) is 4.03. The summed E-state index contributed by atoms with van der Waals surface area (Å²) in [6, 6.07) is 5.57. The molecule has 0 saturated carbocycles. The maximum absolute atomic E-state index is 12.1. The Bertz CT molecular complexity index is 548. The summed E-state index contributed by atoms with van der Waals surface area (Å²) >= 11 is 0. The van der Waals surface area contributed by atoms with E-state index in [0.717, 1.165) is 0 Å². The van der Waals surface area contributed by atoms with E-state index in [1.54, 1.807) is 19.1 Å². The first-order valence-corrected chi connectivity index (χ1v) is 7.69. The van der Waals surface area contributed by atoms with Gasteiger partial charge in [-0.1, -0.05) is 12.1 Å². The minimum absolute atomic E-state index is 0.0323. The van der Waals surface area contributed by atoms with E-state index in [2.05, 4.69) is 10.1 Å². The number of halogens is 2. The molecule has 19 heavy (non-hydrogen) atoms. The van der Waals surface area contributed by atoms with Crippen LogP contribution in [-0.2, 0) is 9.84 Å².